The molecule has 2 aromatic rings. The van der Waals surface area contributed by atoms with E-state index in [1.165, 1.54) is 0 Å². The zero-order valence-electron chi connectivity index (χ0n) is 11.4. The van der Waals surface area contributed by atoms with Crippen molar-refractivity contribution < 1.29 is 9.21 Å². The average Bonchev–Trinajstić information content (AvgIpc) is 2.99. The lowest BCUT2D eigenvalue weighted by Crippen LogP contribution is -2.18. The van der Waals surface area contributed by atoms with E-state index >= 15 is 0 Å². The first-order valence-corrected chi connectivity index (χ1v) is 6.85. The zero-order valence-corrected chi connectivity index (χ0v) is 12.2. The third kappa shape index (κ3) is 3.14. The van der Waals surface area contributed by atoms with Crippen molar-refractivity contribution in [2.24, 2.45) is 0 Å². The molecule has 1 amide bonds. The second-order valence-corrected chi connectivity index (χ2v) is 4.80. The predicted molar refractivity (Wildman–Crippen MR) is 80.2 cm³/mol. The van der Waals surface area contributed by atoms with Crippen molar-refractivity contribution in [1.82, 2.24) is 5.32 Å². The molecule has 1 unspecified atom stereocenters. The first-order chi connectivity index (χ1) is 9.65. The Bertz CT molecular complexity index is 582. The molecule has 1 aromatic carbocycles. The highest BCUT2D eigenvalue weighted by Crippen LogP contribution is 2.29. The highest BCUT2D eigenvalue weighted by Gasteiger charge is 2.14. The van der Waals surface area contributed by atoms with Crippen molar-refractivity contribution >= 4 is 23.2 Å². The van der Waals surface area contributed by atoms with Crippen LogP contribution in [0.2, 0.25) is 5.02 Å². The molecule has 0 aliphatic heterocycles. The topological polar surface area (TPSA) is 54.3 Å². The first kappa shape index (κ1) is 14.5. The Kier molecular flexibility index (Phi) is 4.69. The van der Waals surface area contributed by atoms with Crippen LogP contribution in [0, 0.1) is 0 Å². The molecule has 4 nitrogen and oxygen atoms in total. The number of hydrogen-bond donors (Lipinski definition) is 2. The van der Waals surface area contributed by atoms with Gasteiger partial charge in [0, 0.05) is 12.6 Å². The number of anilines is 1. The smallest absolute Gasteiger partial charge is 0.251 e. The number of hydrogen-bond acceptors (Lipinski definition) is 3. The molecular weight excluding hydrogens is 276 g/mol. The molecule has 0 aliphatic carbocycles. The lowest BCUT2D eigenvalue weighted by atomic mass is 10.1. The number of benzene rings is 1. The summed E-state index contributed by atoms with van der Waals surface area (Å²) < 4.78 is 5.41. The van der Waals surface area contributed by atoms with Gasteiger partial charge in [-0.25, -0.2) is 0 Å². The van der Waals surface area contributed by atoms with Crippen LogP contribution in [0.25, 0.3) is 0 Å². The molecule has 20 heavy (non-hydrogen) atoms. The number of amides is 1. The molecule has 0 saturated carbocycles. The number of halogens is 1. The molecule has 0 radical (unpaired) electrons. The summed E-state index contributed by atoms with van der Waals surface area (Å²) >= 11 is 6.18. The second-order valence-electron chi connectivity index (χ2n) is 4.39. The molecule has 5 heteroatoms. The summed E-state index contributed by atoms with van der Waals surface area (Å²) in [6.07, 6.45) is 2.48. The van der Waals surface area contributed by atoms with Gasteiger partial charge in [-0.15, -0.1) is 0 Å². The summed E-state index contributed by atoms with van der Waals surface area (Å²) in [5.41, 5.74) is 1.28. The van der Waals surface area contributed by atoms with Crippen LogP contribution in [0.1, 0.15) is 35.5 Å². The van der Waals surface area contributed by atoms with E-state index in [1.807, 2.05) is 12.1 Å². The van der Waals surface area contributed by atoms with E-state index in [1.54, 1.807) is 31.5 Å². The van der Waals surface area contributed by atoms with Crippen LogP contribution in [-0.4, -0.2) is 13.0 Å². The normalized spacial score (nSPS) is 11.9. The van der Waals surface area contributed by atoms with Gasteiger partial charge in [-0.3, -0.25) is 4.79 Å². The molecule has 0 bridgehead atoms. The Balaban J connectivity index is 2.25. The van der Waals surface area contributed by atoms with Crippen molar-refractivity contribution in [3.63, 3.8) is 0 Å². The number of carbonyl (C=O) groups excluding carboxylic acids is 1. The minimum absolute atomic E-state index is 0.0161. The van der Waals surface area contributed by atoms with Gasteiger partial charge in [-0.05, 0) is 36.8 Å². The standard InChI is InChI=1S/C15H17ClN2O2/c1-3-12(14-5-4-8-20-14)18-13-9-10(15(19)17-2)6-7-11(13)16/h4-9,12,18H,3H2,1-2H3,(H,17,19). The molecule has 1 atom stereocenters. The molecular formula is C15H17ClN2O2. The third-order valence-electron chi connectivity index (χ3n) is 3.08. The van der Waals surface area contributed by atoms with Gasteiger partial charge in [-0.2, -0.15) is 0 Å². The van der Waals surface area contributed by atoms with E-state index in [0.717, 1.165) is 17.9 Å². The molecule has 0 fully saturated rings. The average molecular weight is 293 g/mol. The molecule has 0 saturated heterocycles. The van der Waals surface area contributed by atoms with Crippen LogP contribution < -0.4 is 10.6 Å². The Morgan fingerprint density at radius 2 is 2.20 bits per heavy atom. The minimum Gasteiger partial charge on any atom is -0.467 e. The second kappa shape index (κ2) is 6.48. The summed E-state index contributed by atoms with van der Waals surface area (Å²) in [6.45, 7) is 2.05. The fourth-order valence-electron chi connectivity index (χ4n) is 1.97. The first-order valence-electron chi connectivity index (χ1n) is 6.47. The highest BCUT2D eigenvalue weighted by molar-refractivity contribution is 6.33. The van der Waals surface area contributed by atoms with Crippen LogP contribution in [0.3, 0.4) is 0 Å². The van der Waals surface area contributed by atoms with Crippen molar-refractivity contribution in [1.29, 1.82) is 0 Å². The van der Waals surface area contributed by atoms with Gasteiger partial charge >= 0.3 is 0 Å². The van der Waals surface area contributed by atoms with Gasteiger partial charge in [0.2, 0.25) is 0 Å². The van der Waals surface area contributed by atoms with Gasteiger partial charge in [0.1, 0.15) is 5.76 Å². The Labute approximate surface area is 123 Å². The maximum atomic E-state index is 11.7. The molecule has 1 aromatic heterocycles. The van der Waals surface area contributed by atoms with Crippen LogP contribution in [-0.2, 0) is 0 Å². The zero-order chi connectivity index (χ0) is 14.5. The van der Waals surface area contributed by atoms with Crippen molar-refractivity contribution in [3.8, 4) is 0 Å². The maximum absolute atomic E-state index is 11.7. The SMILES string of the molecule is CCC(Nc1cc(C(=O)NC)ccc1Cl)c1ccco1. The molecule has 2 rings (SSSR count). The van der Waals surface area contributed by atoms with Crippen molar-refractivity contribution in [2.75, 3.05) is 12.4 Å². The fourth-order valence-corrected chi connectivity index (χ4v) is 2.15. The third-order valence-corrected chi connectivity index (χ3v) is 3.41. The number of nitrogens with one attached hydrogen (secondary N) is 2. The summed E-state index contributed by atoms with van der Waals surface area (Å²) in [6, 6.07) is 8.93. The number of carbonyl (C=O) groups is 1. The van der Waals surface area contributed by atoms with Gasteiger partial charge in [0.05, 0.1) is 23.0 Å². The molecule has 1 heterocycles. The van der Waals surface area contributed by atoms with Gasteiger partial charge < -0.3 is 15.1 Å². The predicted octanol–water partition coefficient (Wildman–Crippen LogP) is 3.86. The Hall–Kier alpha value is -1.94. The largest absolute Gasteiger partial charge is 0.467 e. The van der Waals surface area contributed by atoms with Crippen LogP contribution in [0.15, 0.2) is 41.0 Å². The molecule has 106 valence electrons. The van der Waals surface area contributed by atoms with Crippen LogP contribution >= 0.6 is 11.6 Å². The van der Waals surface area contributed by atoms with E-state index in [0.29, 0.717) is 10.6 Å². The summed E-state index contributed by atoms with van der Waals surface area (Å²) in [5, 5.41) is 6.48. The Morgan fingerprint density at radius 3 is 2.80 bits per heavy atom. The van der Waals surface area contributed by atoms with E-state index in [4.69, 9.17) is 16.0 Å². The lowest BCUT2D eigenvalue weighted by Gasteiger charge is -2.17. The monoisotopic (exact) mass is 292 g/mol. The number of rotatable bonds is 5. The molecule has 0 aliphatic rings. The Morgan fingerprint density at radius 1 is 1.40 bits per heavy atom. The van der Waals surface area contributed by atoms with Gasteiger partial charge in [-0.1, -0.05) is 18.5 Å². The maximum Gasteiger partial charge on any atom is 0.251 e. The van der Waals surface area contributed by atoms with E-state index in [2.05, 4.69) is 17.6 Å². The van der Waals surface area contributed by atoms with Crippen LogP contribution in [0.5, 0.6) is 0 Å². The van der Waals surface area contributed by atoms with E-state index in [9.17, 15) is 4.79 Å². The minimum atomic E-state index is -0.143. The molecule has 0 spiro atoms. The van der Waals surface area contributed by atoms with Crippen molar-refractivity contribution in [2.45, 2.75) is 19.4 Å². The quantitative estimate of drug-likeness (QED) is 0.880. The van der Waals surface area contributed by atoms with Gasteiger partial charge in [0.25, 0.3) is 5.91 Å². The summed E-state index contributed by atoms with van der Waals surface area (Å²) in [4.78, 5) is 11.7. The van der Waals surface area contributed by atoms with Crippen LogP contribution in [0.4, 0.5) is 5.69 Å². The van der Waals surface area contributed by atoms with Gasteiger partial charge in [0.15, 0.2) is 0 Å². The van der Waals surface area contributed by atoms with Crippen molar-refractivity contribution in [3.05, 3.63) is 52.9 Å². The summed E-state index contributed by atoms with van der Waals surface area (Å²) in [7, 11) is 1.60. The van der Waals surface area contributed by atoms with E-state index in [-0.39, 0.29) is 11.9 Å². The van der Waals surface area contributed by atoms with E-state index < -0.39 is 0 Å². The summed E-state index contributed by atoms with van der Waals surface area (Å²) in [5.74, 6) is 0.699. The number of furan rings is 1. The molecule has 2 N–H and O–H groups in total. The highest BCUT2D eigenvalue weighted by atomic mass is 35.5. The fraction of sp³-hybridized carbons (Fsp3) is 0.267. The lowest BCUT2D eigenvalue weighted by molar-refractivity contribution is 0.0963.